The summed E-state index contributed by atoms with van der Waals surface area (Å²) in [7, 11) is -3.25. The smallest absolute Gasteiger partial charge is 0.312 e. The van der Waals surface area contributed by atoms with Crippen molar-refractivity contribution in [3.8, 4) is 0 Å². The summed E-state index contributed by atoms with van der Waals surface area (Å²) in [5.41, 5.74) is 4.07. The van der Waals surface area contributed by atoms with E-state index >= 15 is 0 Å². The molecule has 1 fully saturated rings. The monoisotopic (exact) mass is 207 g/mol. The summed E-state index contributed by atoms with van der Waals surface area (Å²) in [6.07, 6.45) is 0.162. The van der Waals surface area contributed by atoms with Gasteiger partial charge in [0.05, 0.1) is 10.7 Å². The number of hydrogen-bond acceptors (Lipinski definition) is 4. The van der Waals surface area contributed by atoms with Gasteiger partial charge in [0, 0.05) is 12.3 Å². The van der Waals surface area contributed by atoms with E-state index in [-0.39, 0.29) is 18.7 Å². The molecule has 3 N–H and O–H groups in total. The van der Waals surface area contributed by atoms with Crippen LogP contribution >= 0.6 is 0 Å². The van der Waals surface area contributed by atoms with E-state index < -0.39 is 26.5 Å². The van der Waals surface area contributed by atoms with Crippen LogP contribution in [0.15, 0.2) is 0 Å². The van der Waals surface area contributed by atoms with Gasteiger partial charge in [0.25, 0.3) is 0 Å². The Kier molecular flexibility index (Phi) is 2.38. The van der Waals surface area contributed by atoms with Crippen molar-refractivity contribution in [2.24, 2.45) is 11.1 Å². The van der Waals surface area contributed by atoms with E-state index in [1.807, 2.05) is 0 Å². The first kappa shape index (κ1) is 10.5. The molecule has 1 rings (SSSR count). The molecule has 2 unspecified atom stereocenters. The first-order valence-corrected chi connectivity index (χ1v) is 5.77. The Hall–Kier alpha value is -0.620. The first-order chi connectivity index (χ1) is 5.90. The topological polar surface area (TPSA) is 97.5 Å². The molecule has 1 saturated carbocycles. The van der Waals surface area contributed by atoms with Crippen molar-refractivity contribution >= 4 is 15.8 Å². The Morgan fingerprint density at radius 1 is 1.69 bits per heavy atom. The Balaban J connectivity index is 2.89. The minimum absolute atomic E-state index is 0.0211. The average Bonchev–Trinajstić information content (AvgIpc) is 2.80. The van der Waals surface area contributed by atoms with Crippen molar-refractivity contribution < 1.29 is 18.3 Å². The zero-order valence-electron chi connectivity index (χ0n) is 7.36. The third-order valence-electron chi connectivity index (χ3n) is 2.63. The highest BCUT2D eigenvalue weighted by Crippen LogP contribution is 2.50. The first-order valence-electron chi connectivity index (χ1n) is 4.05. The zero-order chi connectivity index (χ0) is 10.3. The Morgan fingerprint density at radius 2 is 2.23 bits per heavy atom. The molecular formula is C7H13NO4S. The van der Waals surface area contributed by atoms with Crippen LogP contribution < -0.4 is 5.73 Å². The molecule has 0 bridgehead atoms. The molecule has 6 heteroatoms. The molecule has 0 aliphatic heterocycles. The second-order valence-electron chi connectivity index (χ2n) is 3.31. The van der Waals surface area contributed by atoms with Crippen LogP contribution in [0.3, 0.4) is 0 Å². The van der Waals surface area contributed by atoms with Crippen LogP contribution in [0.4, 0.5) is 0 Å². The molecule has 0 amide bonds. The third-order valence-corrected chi connectivity index (χ3v) is 4.92. The molecule has 2 atom stereocenters. The highest BCUT2D eigenvalue weighted by molar-refractivity contribution is 7.92. The fraction of sp³-hybridized carbons (Fsp3) is 0.857. The van der Waals surface area contributed by atoms with Gasteiger partial charge in [-0.25, -0.2) is 8.42 Å². The molecule has 1 aliphatic rings. The minimum atomic E-state index is -3.25. The predicted molar refractivity (Wildman–Crippen MR) is 47.0 cm³/mol. The van der Waals surface area contributed by atoms with E-state index in [0.29, 0.717) is 0 Å². The number of hydrogen-bond donors (Lipinski definition) is 2. The molecule has 76 valence electrons. The lowest BCUT2D eigenvalue weighted by Crippen LogP contribution is -2.31. The van der Waals surface area contributed by atoms with Gasteiger partial charge in [0.2, 0.25) is 0 Å². The quantitative estimate of drug-likeness (QED) is 0.630. The van der Waals surface area contributed by atoms with Crippen LogP contribution in [-0.4, -0.2) is 37.0 Å². The van der Waals surface area contributed by atoms with Gasteiger partial charge >= 0.3 is 5.97 Å². The molecule has 0 aromatic rings. The molecule has 0 saturated heterocycles. The fourth-order valence-corrected chi connectivity index (χ4v) is 3.31. The molecule has 5 nitrogen and oxygen atoms in total. The second kappa shape index (κ2) is 2.95. The van der Waals surface area contributed by atoms with Crippen LogP contribution in [0.5, 0.6) is 0 Å². The standard InChI is InChI=1S/C7H13NO4S/c1-2-13(11,12)5-3-7(5,4-8)6(9)10/h5H,2-4,8H2,1H3,(H,9,10). The lowest BCUT2D eigenvalue weighted by atomic mass is 10.1. The highest BCUT2D eigenvalue weighted by atomic mass is 32.2. The summed E-state index contributed by atoms with van der Waals surface area (Å²) in [4.78, 5) is 10.7. The van der Waals surface area contributed by atoms with Gasteiger partial charge in [-0.1, -0.05) is 6.92 Å². The molecule has 0 aromatic heterocycles. The summed E-state index contributed by atoms with van der Waals surface area (Å²) in [5, 5.41) is 8.02. The summed E-state index contributed by atoms with van der Waals surface area (Å²) in [6.45, 7) is 1.41. The average molecular weight is 207 g/mol. The summed E-state index contributed by atoms with van der Waals surface area (Å²) < 4.78 is 22.6. The maximum atomic E-state index is 11.3. The molecule has 0 radical (unpaired) electrons. The maximum absolute atomic E-state index is 11.3. The number of carboxylic acids is 1. The largest absolute Gasteiger partial charge is 0.481 e. The van der Waals surface area contributed by atoms with Crippen LogP contribution in [0.25, 0.3) is 0 Å². The number of aliphatic carboxylic acids is 1. The summed E-state index contributed by atoms with van der Waals surface area (Å²) in [6, 6.07) is 0. The van der Waals surface area contributed by atoms with Gasteiger partial charge in [-0.2, -0.15) is 0 Å². The van der Waals surface area contributed by atoms with Crippen LogP contribution in [0, 0.1) is 5.41 Å². The SMILES string of the molecule is CCS(=O)(=O)C1CC1(CN)C(=O)O. The molecule has 0 aromatic carbocycles. The number of rotatable bonds is 4. The predicted octanol–water partition coefficient (Wildman–Crippen LogP) is -0.777. The van der Waals surface area contributed by atoms with E-state index in [1.165, 1.54) is 6.92 Å². The second-order valence-corrected chi connectivity index (χ2v) is 5.78. The number of carboxylic acid groups (broad SMARTS) is 1. The maximum Gasteiger partial charge on any atom is 0.312 e. The van der Waals surface area contributed by atoms with Gasteiger partial charge in [-0.15, -0.1) is 0 Å². The highest BCUT2D eigenvalue weighted by Gasteiger charge is 2.65. The number of carbonyl (C=O) groups is 1. The van der Waals surface area contributed by atoms with E-state index in [1.54, 1.807) is 0 Å². The van der Waals surface area contributed by atoms with Crippen LogP contribution in [-0.2, 0) is 14.6 Å². The van der Waals surface area contributed by atoms with Crippen LogP contribution in [0.2, 0.25) is 0 Å². The van der Waals surface area contributed by atoms with Crippen molar-refractivity contribution in [2.75, 3.05) is 12.3 Å². The molecular weight excluding hydrogens is 194 g/mol. The van der Waals surface area contributed by atoms with Crippen molar-refractivity contribution in [2.45, 2.75) is 18.6 Å². The minimum Gasteiger partial charge on any atom is -0.481 e. The molecule has 1 aliphatic carbocycles. The number of nitrogens with two attached hydrogens (primary N) is 1. The van der Waals surface area contributed by atoms with Gasteiger partial charge < -0.3 is 10.8 Å². The van der Waals surface area contributed by atoms with Crippen LogP contribution in [0.1, 0.15) is 13.3 Å². The molecule has 0 heterocycles. The van der Waals surface area contributed by atoms with E-state index in [2.05, 4.69) is 0 Å². The Labute approximate surface area is 76.8 Å². The van der Waals surface area contributed by atoms with Crippen molar-refractivity contribution in [1.82, 2.24) is 0 Å². The van der Waals surface area contributed by atoms with Gasteiger partial charge in [-0.3, -0.25) is 4.79 Å². The van der Waals surface area contributed by atoms with E-state index in [4.69, 9.17) is 10.8 Å². The summed E-state index contributed by atoms with van der Waals surface area (Å²) in [5.74, 6) is -1.12. The van der Waals surface area contributed by atoms with Gasteiger partial charge in [-0.05, 0) is 6.42 Å². The van der Waals surface area contributed by atoms with Gasteiger partial charge in [0.1, 0.15) is 0 Å². The Morgan fingerprint density at radius 3 is 2.46 bits per heavy atom. The normalized spacial score (nSPS) is 32.9. The van der Waals surface area contributed by atoms with Gasteiger partial charge in [0.15, 0.2) is 9.84 Å². The van der Waals surface area contributed by atoms with E-state index in [9.17, 15) is 13.2 Å². The molecule has 13 heavy (non-hydrogen) atoms. The van der Waals surface area contributed by atoms with Crippen molar-refractivity contribution in [1.29, 1.82) is 0 Å². The fourth-order valence-electron chi connectivity index (χ4n) is 1.47. The number of sulfone groups is 1. The van der Waals surface area contributed by atoms with Crippen molar-refractivity contribution in [3.63, 3.8) is 0 Å². The Bertz CT molecular complexity index is 323. The molecule has 0 spiro atoms. The summed E-state index contributed by atoms with van der Waals surface area (Å²) >= 11 is 0. The lowest BCUT2D eigenvalue weighted by molar-refractivity contribution is -0.142. The van der Waals surface area contributed by atoms with E-state index in [0.717, 1.165) is 0 Å². The third kappa shape index (κ3) is 1.44. The lowest BCUT2D eigenvalue weighted by Gasteiger charge is -2.08. The zero-order valence-corrected chi connectivity index (χ0v) is 8.17. The van der Waals surface area contributed by atoms with Crippen molar-refractivity contribution in [3.05, 3.63) is 0 Å².